The van der Waals surface area contributed by atoms with Crippen LogP contribution in [0.4, 0.5) is 10.1 Å². The summed E-state index contributed by atoms with van der Waals surface area (Å²) >= 11 is 0. The van der Waals surface area contributed by atoms with Crippen molar-refractivity contribution in [2.45, 2.75) is 20.3 Å². The second-order valence-electron chi connectivity index (χ2n) is 7.29. The summed E-state index contributed by atoms with van der Waals surface area (Å²) in [5.74, 6) is -2.77. The van der Waals surface area contributed by atoms with Crippen molar-refractivity contribution in [1.82, 2.24) is 5.32 Å². The zero-order chi connectivity index (χ0) is 26.4. The predicted octanol–water partition coefficient (Wildman–Crippen LogP) is 3.07. The van der Waals surface area contributed by atoms with E-state index in [4.69, 9.17) is 31.5 Å². The van der Waals surface area contributed by atoms with Gasteiger partial charge in [-0.25, -0.2) is 9.18 Å². The van der Waals surface area contributed by atoms with E-state index >= 15 is 0 Å². The van der Waals surface area contributed by atoms with Crippen LogP contribution in [-0.2, 0) is 9.53 Å². The van der Waals surface area contributed by atoms with Crippen LogP contribution in [0.15, 0.2) is 42.5 Å². The van der Waals surface area contributed by atoms with Crippen molar-refractivity contribution >= 4 is 28.8 Å². The molecule has 0 aliphatic rings. The van der Waals surface area contributed by atoms with Gasteiger partial charge in [0.25, 0.3) is 0 Å². The molecule has 0 radical (unpaired) electrons. The maximum Gasteiger partial charge on any atom is 0.335 e. The highest BCUT2D eigenvalue weighted by Gasteiger charge is 2.17. The number of hydrogen-bond acceptors (Lipinski definition) is 8. The lowest BCUT2D eigenvalue weighted by atomic mass is 10.0. The highest BCUT2D eigenvalue weighted by Crippen LogP contribution is 2.25. The first-order chi connectivity index (χ1) is 16.7. The summed E-state index contributed by atoms with van der Waals surface area (Å²) in [6, 6.07) is 7.69. The van der Waals surface area contributed by atoms with Gasteiger partial charge >= 0.3 is 5.97 Å². The van der Waals surface area contributed by atoms with Gasteiger partial charge < -0.3 is 31.4 Å². The number of aromatic carboxylic acids is 1. The highest BCUT2D eigenvalue weighted by molar-refractivity contribution is 6.50. The summed E-state index contributed by atoms with van der Waals surface area (Å²) in [4.78, 5) is 23.2. The molecule has 0 heterocycles. The van der Waals surface area contributed by atoms with E-state index in [1.165, 1.54) is 43.9 Å². The minimum atomic E-state index is -1.09. The Balaban J connectivity index is 0.000000905. The number of carboxylic acids is 1. The van der Waals surface area contributed by atoms with E-state index in [-0.39, 0.29) is 41.5 Å². The number of halogens is 1. The smallest absolute Gasteiger partial charge is 0.335 e. The third-order valence-corrected chi connectivity index (χ3v) is 4.59. The molecule has 7 N–H and O–H groups in total. The number of carboxylic acid groups (broad SMARTS) is 1. The third-order valence-electron chi connectivity index (χ3n) is 4.59. The Bertz CT molecular complexity index is 1030. The van der Waals surface area contributed by atoms with Gasteiger partial charge in [0, 0.05) is 36.2 Å². The van der Waals surface area contributed by atoms with Crippen LogP contribution in [0.1, 0.15) is 41.8 Å². The fourth-order valence-corrected chi connectivity index (χ4v) is 2.72. The van der Waals surface area contributed by atoms with Gasteiger partial charge in [0.15, 0.2) is 11.6 Å². The molecule has 0 aliphatic carbocycles. The monoisotopic (exact) mass is 488 g/mol. The first-order valence-corrected chi connectivity index (χ1v) is 11.0. The third kappa shape index (κ3) is 9.55. The maximum atomic E-state index is 14.2. The number of nitrogen functional groups attached to an aromatic ring is 1. The summed E-state index contributed by atoms with van der Waals surface area (Å²) in [5.41, 5.74) is 11.5. The Morgan fingerprint density at radius 1 is 1.14 bits per heavy atom. The van der Waals surface area contributed by atoms with E-state index in [0.29, 0.717) is 5.56 Å². The van der Waals surface area contributed by atoms with Gasteiger partial charge in [-0.15, -0.1) is 0 Å². The molecule has 2 rings (SSSR count). The van der Waals surface area contributed by atoms with Crippen molar-refractivity contribution in [2.24, 2.45) is 5.73 Å². The Kier molecular flexibility index (Phi) is 12.7. The van der Waals surface area contributed by atoms with Crippen molar-refractivity contribution < 1.29 is 28.6 Å². The molecule has 0 saturated carbocycles. The van der Waals surface area contributed by atoms with Gasteiger partial charge in [-0.05, 0) is 43.3 Å². The molecule has 0 amide bonds. The number of anilines is 1. The molecule has 190 valence electrons. The quantitative estimate of drug-likeness (QED) is 0.132. The molecule has 0 saturated heterocycles. The number of nitrogens with two attached hydrogens (primary N) is 2. The van der Waals surface area contributed by atoms with Gasteiger partial charge in [0.2, 0.25) is 5.78 Å². The molecule has 9 nitrogen and oxygen atoms in total. The van der Waals surface area contributed by atoms with Crippen LogP contribution in [0, 0.1) is 11.2 Å². The summed E-state index contributed by atoms with van der Waals surface area (Å²) in [5, 5.41) is 20.1. The Morgan fingerprint density at radius 2 is 1.77 bits per heavy atom. The fraction of sp³-hybridized carbons (Fsp3) is 0.320. The van der Waals surface area contributed by atoms with E-state index in [1.807, 2.05) is 0 Å². The van der Waals surface area contributed by atoms with Crippen molar-refractivity contribution in [3.63, 3.8) is 0 Å². The van der Waals surface area contributed by atoms with Crippen molar-refractivity contribution in [3.05, 3.63) is 65.0 Å². The lowest BCUT2D eigenvalue weighted by Crippen LogP contribution is -2.16. The van der Waals surface area contributed by atoms with Crippen LogP contribution in [0.5, 0.6) is 5.75 Å². The van der Waals surface area contributed by atoms with E-state index in [9.17, 15) is 14.0 Å². The van der Waals surface area contributed by atoms with E-state index in [0.717, 1.165) is 25.2 Å². The first-order valence-electron chi connectivity index (χ1n) is 11.0. The van der Waals surface area contributed by atoms with Gasteiger partial charge in [0.1, 0.15) is 12.3 Å². The summed E-state index contributed by atoms with van der Waals surface area (Å²) in [7, 11) is 1.48. The zero-order valence-corrected chi connectivity index (χ0v) is 20.2. The summed E-state index contributed by atoms with van der Waals surface area (Å²) in [6.45, 7) is 6.93. The highest BCUT2D eigenvalue weighted by atomic mass is 19.1. The second-order valence-corrected chi connectivity index (χ2v) is 7.29. The molecule has 2 aromatic rings. The number of nitrogens with one attached hydrogen (secondary N) is 2. The molecule has 0 aromatic heterocycles. The molecule has 35 heavy (non-hydrogen) atoms. The van der Waals surface area contributed by atoms with Crippen LogP contribution < -0.4 is 21.5 Å². The number of benzene rings is 2. The van der Waals surface area contributed by atoms with Crippen LogP contribution in [-0.4, -0.2) is 56.0 Å². The largest absolute Gasteiger partial charge is 0.488 e. The normalized spacial score (nSPS) is 10.8. The van der Waals surface area contributed by atoms with E-state index in [1.54, 1.807) is 0 Å². The van der Waals surface area contributed by atoms with Crippen molar-refractivity contribution in [3.8, 4) is 5.75 Å². The van der Waals surface area contributed by atoms with Gasteiger partial charge in [-0.3, -0.25) is 10.2 Å². The molecule has 0 unspecified atom stereocenters. The number of allylic oxidation sites excluding steroid dienone is 1. The number of hydrogen-bond donors (Lipinski definition) is 5. The number of methoxy groups -OCH3 is 1. The van der Waals surface area contributed by atoms with Gasteiger partial charge in [-0.1, -0.05) is 26.0 Å². The number of ether oxygens (including phenoxy) is 2. The van der Waals surface area contributed by atoms with E-state index in [2.05, 4.69) is 19.2 Å². The Labute approximate surface area is 204 Å². The average molecular weight is 489 g/mol. The predicted molar refractivity (Wildman–Crippen MR) is 134 cm³/mol. The number of carbonyl (C=O) groups is 2. The second kappa shape index (κ2) is 15.2. The topological polar surface area (TPSA) is 161 Å². The lowest BCUT2D eigenvalue weighted by molar-refractivity contribution is -0.108. The van der Waals surface area contributed by atoms with Crippen LogP contribution in [0.25, 0.3) is 5.70 Å². The summed E-state index contributed by atoms with van der Waals surface area (Å²) in [6.07, 6.45) is 2.24. The number of carbonyl (C=O) groups excluding carboxylic acids is 1. The SMILES string of the molecule is CCCNCC.COCCOc1cc(N)c(C(=N)C(=O)/C=C(\N)c2ccc(C(=O)O)cc2)cc1F. The molecule has 10 heteroatoms. The summed E-state index contributed by atoms with van der Waals surface area (Å²) < 4.78 is 24.2. The molecule has 0 spiro atoms. The first kappa shape index (κ1) is 29.3. The standard InChI is InChI=1S/C20H20FN3O5.C5H13N/c1-28-6-7-29-18-10-16(23)13(8-14(18)21)19(24)17(25)9-15(22)11-2-4-12(5-3-11)20(26)27;1-3-5-6-4-2/h2-5,8-10,24H,6-7,22-23H2,1H3,(H,26,27);6H,3-5H2,1-2H3/b15-9-,24-19?;. The Hall–Kier alpha value is -3.76. The molecule has 0 fully saturated rings. The molecule has 2 aromatic carbocycles. The maximum absolute atomic E-state index is 14.2. The van der Waals surface area contributed by atoms with Crippen LogP contribution >= 0.6 is 0 Å². The van der Waals surface area contributed by atoms with Gasteiger partial charge in [0.05, 0.1) is 12.2 Å². The average Bonchev–Trinajstić information content (AvgIpc) is 2.84. The molecule has 0 bridgehead atoms. The zero-order valence-electron chi connectivity index (χ0n) is 20.2. The van der Waals surface area contributed by atoms with Crippen LogP contribution in [0.2, 0.25) is 0 Å². The van der Waals surface area contributed by atoms with Crippen LogP contribution in [0.3, 0.4) is 0 Å². The van der Waals surface area contributed by atoms with Crippen molar-refractivity contribution in [2.75, 3.05) is 39.1 Å². The molecular formula is C25H33FN4O5. The Morgan fingerprint density at radius 3 is 2.29 bits per heavy atom. The lowest BCUT2D eigenvalue weighted by Gasteiger charge is -2.11. The number of ketones is 1. The minimum Gasteiger partial charge on any atom is -0.488 e. The minimum absolute atomic E-state index is 0.00468. The fourth-order valence-electron chi connectivity index (χ4n) is 2.72. The number of rotatable bonds is 12. The van der Waals surface area contributed by atoms with E-state index < -0.39 is 23.3 Å². The molecule has 0 atom stereocenters. The molecular weight excluding hydrogens is 455 g/mol. The van der Waals surface area contributed by atoms with Gasteiger partial charge in [-0.2, -0.15) is 0 Å². The molecule has 0 aliphatic heterocycles. The van der Waals surface area contributed by atoms with Crippen molar-refractivity contribution in [1.29, 1.82) is 5.41 Å².